The van der Waals surface area contributed by atoms with E-state index in [0.717, 1.165) is 0 Å². The molecule has 0 saturated heterocycles. The number of rotatable bonds is 4. The van der Waals surface area contributed by atoms with Crippen molar-refractivity contribution in [3.8, 4) is 0 Å². The molecule has 2 aromatic carbocycles. The molecule has 2 aliphatic heterocycles. The molecule has 4 rings (SSSR count). The summed E-state index contributed by atoms with van der Waals surface area (Å²) in [6, 6.07) is 8.77. The van der Waals surface area contributed by atoms with Gasteiger partial charge >= 0.3 is 5.97 Å². The standard InChI is InChI=1S/C11H13N3O4S.C11H12O5S/c1-18-8-5-19(16,17)9-4-6(2-3-7(8)9)10(15)14-11(12)13;1-15-9-6-17(13,14)10-5-7(11(12)16-2)3-4-8(9)10/h2-4,8H,5H2,1H3,(H4,12,13,14,15);3-5,9H,6H2,1-2H3. The van der Waals surface area contributed by atoms with Crippen LogP contribution in [0.4, 0.5) is 0 Å². The summed E-state index contributed by atoms with van der Waals surface area (Å²) < 4.78 is 62.4. The van der Waals surface area contributed by atoms with Gasteiger partial charge in [0.25, 0.3) is 5.91 Å². The summed E-state index contributed by atoms with van der Waals surface area (Å²) in [6.45, 7) is 0. The van der Waals surface area contributed by atoms with E-state index in [4.69, 9.17) is 20.9 Å². The van der Waals surface area contributed by atoms with Crippen molar-refractivity contribution in [2.24, 2.45) is 16.5 Å². The van der Waals surface area contributed by atoms with Crippen molar-refractivity contribution in [2.75, 3.05) is 32.8 Å². The summed E-state index contributed by atoms with van der Waals surface area (Å²) in [5.41, 5.74) is 11.7. The van der Waals surface area contributed by atoms with Crippen LogP contribution >= 0.6 is 0 Å². The Hall–Kier alpha value is -3.33. The van der Waals surface area contributed by atoms with Crippen LogP contribution in [0.25, 0.3) is 0 Å². The number of hydrogen-bond acceptors (Lipinski definition) is 9. The number of esters is 1. The number of amides is 1. The number of hydrogen-bond donors (Lipinski definition) is 2. The average molecular weight is 540 g/mol. The highest BCUT2D eigenvalue weighted by molar-refractivity contribution is 7.92. The van der Waals surface area contributed by atoms with E-state index >= 15 is 0 Å². The summed E-state index contributed by atoms with van der Waals surface area (Å²) in [6.07, 6.45) is -0.964. The molecule has 2 atom stereocenters. The van der Waals surface area contributed by atoms with E-state index in [1.807, 2.05) is 0 Å². The second-order valence-electron chi connectivity index (χ2n) is 7.85. The van der Waals surface area contributed by atoms with Crippen molar-refractivity contribution < 1.29 is 40.6 Å². The first-order valence-corrected chi connectivity index (χ1v) is 13.7. The van der Waals surface area contributed by atoms with Gasteiger partial charge in [-0.15, -0.1) is 0 Å². The molecule has 0 spiro atoms. The third-order valence-corrected chi connectivity index (χ3v) is 9.13. The molecule has 1 amide bonds. The lowest BCUT2D eigenvalue weighted by molar-refractivity contribution is 0.0600. The Morgan fingerprint density at radius 3 is 1.67 bits per heavy atom. The van der Waals surface area contributed by atoms with Gasteiger partial charge in [0.15, 0.2) is 25.6 Å². The number of carbonyl (C=O) groups is 2. The van der Waals surface area contributed by atoms with Crippen LogP contribution in [0.1, 0.15) is 44.1 Å². The number of nitrogens with zero attached hydrogens (tertiary/aromatic N) is 1. The number of aliphatic imine (C=N–C) groups is 1. The van der Waals surface area contributed by atoms with Crippen LogP contribution in [0.15, 0.2) is 51.2 Å². The minimum atomic E-state index is -3.44. The second kappa shape index (κ2) is 10.3. The summed E-state index contributed by atoms with van der Waals surface area (Å²) in [7, 11) is -2.65. The van der Waals surface area contributed by atoms with Crippen molar-refractivity contribution >= 4 is 37.5 Å². The third-order valence-electron chi connectivity index (χ3n) is 5.60. The van der Waals surface area contributed by atoms with Gasteiger partial charge in [0.2, 0.25) is 0 Å². The molecule has 12 nitrogen and oxygen atoms in total. The zero-order valence-electron chi connectivity index (χ0n) is 19.6. The highest BCUT2D eigenvalue weighted by Crippen LogP contribution is 2.37. The van der Waals surface area contributed by atoms with Crippen molar-refractivity contribution in [2.45, 2.75) is 22.0 Å². The van der Waals surface area contributed by atoms with Gasteiger partial charge in [0.05, 0.1) is 46.2 Å². The number of carbonyl (C=O) groups excluding carboxylic acids is 2. The van der Waals surface area contributed by atoms with Crippen LogP contribution in [0.5, 0.6) is 0 Å². The lowest BCUT2D eigenvalue weighted by Gasteiger charge is -2.07. The first-order chi connectivity index (χ1) is 16.8. The van der Waals surface area contributed by atoms with E-state index in [0.29, 0.717) is 11.1 Å². The Balaban J connectivity index is 0.000000202. The number of ether oxygens (including phenoxy) is 3. The van der Waals surface area contributed by atoms with Crippen molar-refractivity contribution in [3.63, 3.8) is 0 Å². The van der Waals surface area contributed by atoms with E-state index in [-0.39, 0.29) is 38.4 Å². The summed E-state index contributed by atoms with van der Waals surface area (Å²) in [5.74, 6) is -1.81. The van der Waals surface area contributed by atoms with Crippen LogP contribution in [-0.2, 0) is 33.9 Å². The Morgan fingerprint density at radius 1 is 0.806 bits per heavy atom. The Kier molecular flexibility index (Phi) is 7.83. The highest BCUT2D eigenvalue weighted by atomic mass is 32.2. The summed E-state index contributed by atoms with van der Waals surface area (Å²) >= 11 is 0. The summed E-state index contributed by atoms with van der Waals surface area (Å²) in [4.78, 5) is 26.6. The number of nitrogens with two attached hydrogens (primary N) is 2. The second-order valence-corrected chi connectivity index (χ2v) is 11.9. The minimum Gasteiger partial charge on any atom is -0.465 e. The van der Waals surface area contributed by atoms with E-state index in [1.54, 1.807) is 12.1 Å². The zero-order chi connectivity index (χ0) is 26.8. The van der Waals surface area contributed by atoms with Gasteiger partial charge in [-0.2, -0.15) is 4.99 Å². The molecule has 0 aliphatic carbocycles. The molecule has 0 radical (unpaired) electrons. The molecule has 0 bridgehead atoms. The van der Waals surface area contributed by atoms with Gasteiger partial charge in [-0.1, -0.05) is 12.1 Å². The van der Waals surface area contributed by atoms with Gasteiger partial charge in [-0.05, 0) is 24.3 Å². The van der Waals surface area contributed by atoms with Gasteiger partial charge in [-0.25, -0.2) is 21.6 Å². The van der Waals surface area contributed by atoms with Crippen LogP contribution in [0.2, 0.25) is 0 Å². The van der Waals surface area contributed by atoms with Crippen molar-refractivity contribution in [3.05, 3.63) is 58.7 Å². The monoisotopic (exact) mass is 539 g/mol. The zero-order valence-corrected chi connectivity index (χ0v) is 21.3. The van der Waals surface area contributed by atoms with Gasteiger partial charge in [0.1, 0.15) is 0 Å². The molecular weight excluding hydrogens is 514 g/mol. The smallest absolute Gasteiger partial charge is 0.337 e. The maximum absolute atomic E-state index is 11.9. The molecule has 0 saturated carbocycles. The lowest BCUT2D eigenvalue weighted by atomic mass is 10.1. The maximum Gasteiger partial charge on any atom is 0.337 e. The van der Waals surface area contributed by atoms with Gasteiger partial charge in [0, 0.05) is 30.9 Å². The number of benzene rings is 2. The quantitative estimate of drug-likeness (QED) is 0.312. The number of fused-ring (bicyclic) bond motifs is 2. The van der Waals surface area contributed by atoms with E-state index in [9.17, 15) is 26.4 Å². The predicted molar refractivity (Wildman–Crippen MR) is 128 cm³/mol. The van der Waals surface area contributed by atoms with E-state index in [1.165, 1.54) is 45.6 Å². The van der Waals surface area contributed by atoms with E-state index < -0.39 is 43.8 Å². The Morgan fingerprint density at radius 2 is 1.25 bits per heavy atom. The number of sulfone groups is 2. The number of guanidine groups is 1. The fourth-order valence-corrected chi connectivity index (χ4v) is 7.36. The average Bonchev–Trinajstić information content (AvgIpc) is 3.26. The molecule has 36 heavy (non-hydrogen) atoms. The SMILES string of the molecule is COC(=O)c1ccc2c(c1)S(=O)(=O)CC2OC.COC1CS(=O)(=O)c2cc(C(=O)N=C(N)N)ccc21. The van der Waals surface area contributed by atoms with Crippen molar-refractivity contribution in [1.82, 2.24) is 0 Å². The minimum absolute atomic E-state index is 0.0799. The van der Waals surface area contributed by atoms with E-state index in [2.05, 4.69) is 9.73 Å². The first-order valence-electron chi connectivity index (χ1n) is 10.4. The third kappa shape index (κ3) is 5.41. The molecule has 194 valence electrons. The Labute approximate surface area is 208 Å². The van der Waals surface area contributed by atoms with Crippen LogP contribution in [0.3, 0.4) is 0 Å². The maximum atomic E-state index is 11.9. The van der Waals surface area contributed by atoms with Crippen LogP contribution < -0.4 is 11.5 Å². The molecular formula is C22H25N3O9S2. The fraction of sp³-hybridized carbons (Fsp3) is 0.318. The first kappa shape index (κ1) is 27.3. The molecule has 4 N–H and O–H groups in total. The predicted octanol–water partition coefficient (Wildman–Crippen LogP) is 0.523. The fourth-order valence-electron chi connectivity index (χ4n) is 3.85. The van der Waals surface area contributed by atoms with Gasteiger partial charge in [-0.3, -0.25) is 4.79 Å². The number of methoxy groups -OCH3 is 3. The van der Waals surface area contributed by atoms with Crippen LogP contribution in [-0.4, -0.2) is 67.5 Å². The Bertz CT molecular complexity index is 1450. The molecule has 2 aliphatic rings. The largest absolute Gasteiger partial charge is 0.465 e. The van der Waals surface area contributed by atoms with Gasteiger partial charge < -0.3 is 25.7 Å². The van der Waals surface area contributed by atoms with Crippen molar-refractivity contribution in [1.29, 1.82) is 0 Å². The van der Waals surface area contributed by atoms with Crippen LogP contribution in [0, 0.1) is 0 Å². The highest BCUT2D eigenvalue weighted by Gasteiger charge is 2.36. The topological polar surface area (TPSA) is 195 Å². The summed E-state index contributed by atoms with van der Waals surface area (Å²) in [5, 5.41) is 0. The molecule has 2 aromatic rings. The molecule has 2 unspecified atom stereocenters. The molecule has 0 fully saturated rings. The molecule has 14 heteroatoms. The molecule has 2 heterocycles. The molecule has 0 aromatic heterocycles. The lowest BCUT2D eigenvalue weighted by Crippen LogP contribution is -2.24. The normalized spacial score (nSPS) is 20.3.